The summed E-state index contributed by atoms with van der Waals surface area (Å²) >= 11 is 0. The highest BCUT2D eigenvalue weighted by Gasteiger charge is 2.37. The molecule has 0 unspecified atom stereocenters. The van der Waals surface area contributed by atoms with Gasteiger partial charge in [-0.15, -0.1) is 0 Å². The summed E-state index contributed by atoms with van der Waals surface area (Å²) in [6, 6.07) is 64.5. The van der Waals surface area contributed by atoms with Gasteiger partial charge in [-0.25, -0.2) is 0 Å². The first-order valence-corrected chi connectivity index (χ1v) is 21.0. The van der Waals surface area contributed by atoms with Crippen LogP contribution in [0.2, 0.25) is 0 Å². The molecule has 0 heterocycles. The van der Waals surface area contributed by atoms with Gasteiger partial charge in [0, 0.05) is 5.41 Å². The van der Waals surface area contributed by atoms with Crippen LogP contribution < -0.4 is 0 Å². The van der Waals surface area contributed by atoms with Crippen molar-refractivity contribution in [1.29, 1.82) is 0 Å². The minimum Gasteiger partial charge on any atom is -0.0622 e. The molecule has 0 aromatic heterocycles. The van der Waals surface area contributed by atoms with Crippen molar-refractivity contribution < 1.29 is 0 Å². The van der Waals surface area contributed by atoms with Crippen LogP contribution in [-0.4, -0.2) is 0 Å². The molecule has 282 valence electrons. The molecule has 0 heteroatoms. The second-order valence-corrected chi connectivity index (χ2v) is 17.6. The largest absolute Gasteiger partial charge is 0.0622 e. The van der Waals surface area contributed by atoms with Crippen molar-refractivity contribution in [3.63, 3.8) is 0 Å². The van der Waals surface area contributed by atoms with Crippen molar-refractivity contribution >= 4 is 43.1 Å². The van der Waals surface area contributed by atoms with Gasteiger partial charge in [-0.1, -0.05) is 188 Å². The molecule has 0 amide bonds. The van der Waals surface area contributed by atoms with Gasteiger partial charge in [-0.05, 0) is 156 Å². The zero-order valence-corrected chi connectivity index (χ0v) is 34.7. The number of benzene rings is 10. The smallest absolute Gasteiger partial charge is 0.0159 e. The molecule has 1 aliphatic rings. The van der Waals surface area contributed by atoms with Crippen molar-refractivity contribution in [3.05, 3.63) is 203 Å². The van der Waals surface area contributed by atoms with Gasteiger partial charge in [0.1, 0.15) is 0 Å². The third kappa shape index (κ3) is 5.43. The number of rotatable bonds is 4. The first-order valence-electron chi connectivity index (χ1n) is 21.0. The van der Waals surface area contributed by atoms with E-state index in [2.05, 4.69) is 211 Å². The van der Waals surface area contributed by atoms with Crippen molar-refractivity contribution in [2.75, 3.05) is 0 Å². The highest BCUT2D eigenvalue weighted by molar-refractivity contribution is 6.24. The standard InChI is InChI=1S/C59H46/c1-35-26-36(2)29-41(28-35)57-48-22-14-15-23-49(48)58(42-30-37(3)27-38(4)31-42)52-34-54-50(33-51(52)57)43-25-24-40(32-53(43)59(54,5)6)56-46-20-12-10-18-44(46)55(39-16-8-7-9-17-39)45-19-11-13-21-47(45)56/h7-34H,1-6H3. The van der Waals surface area contributed by atoms with Gasteiger partial charge in [0.25, 0.3) is 0 Å². The van der Waals surface area contributed by atoms with Gasteiger partial charge >= 0.3 is 0 Å². The molecular formula is C59H46. The second kappa shape index (κ2) is 13.1. The highest BCUT2D eigenvalue weighted by atomic mass is 14.4. The van der Waals surface area contributed by atoms with Crippen molar-refractivity contribution in [2.45, 2.75) is 47.0 Å². The first kappa shape index (κ1) is 35.4. The molecule has 0 saturated carbocycles. The van der Waals surface area contributed by atoms with Crippen LogP contribution in [0, 0.1) is 27.7 Å². The number of aryl methyl sites for hydroxylation is 4. The molecule has 59 heavy (non-hydrogen) atoms. The molecular weight excluding hydrogens is 709 g/mol. The van der Waals surface area contributed by atoms with E-state index >= 15 is 0 Å². The summed E-state index contributed by atoms with van der Waals surface area (Å²) in [7, 11) is 0. The van der Waals surface area contributed by atoms with Crippen molar-refractivity contribution in [2.24, 2.45) is 0 Å². The van der Waals surface area contributed by atoms with Gasteiger partial charge in [0.2, 0.25) is 0 Å². The summed E-state index contributed by atoms with van der Waals surface area (Å²) in [6.07, 6.45) is 0. The minimum absolute atomic E-state index is 0.226. The quantitative estimate of drug-likeness (QED) is 0.157. The molecule has 0 radical (unpaired) electrons. The van der Waals surface area contributed by atoms with E-state index < -0.39 is 0 Å². The Morgan fingerprint density at radius 1 is 0.271 bits per heavy atom. The third-order valence-electron chi connectivity index (χ3n) is 13.1. The minimum atomic E-state index is -0.226. The topological polar surface area (TPSA) is 0 Å². The molecule has 0 aliphatic heterocycles. The van der Waals surface area contributed by atoms with Crippen molar-refractivity contribution in [1.82, 2.24) is 0 Å². The third-order valence-corrected chi connectivity index (χ3v) is 13.1. The van der Waals surface area contributed by atoms with Crippen molar-refractivity contribution in [3.8, 4) is 55.6 Å². The van der Waals surface area contributed by atoms with Crippen LogP contribution in [0.3, 0.4) is 0 Å². The average Bonchev–Trinajstić information content (AvgIpc) is 3.44. The maximum absolute atomic E-state index is 2.56. The Balaban J connectivity index is 1.21. The van der Waals surface area contributed by atoms with E-state index in [9.17, 15) is 0 Å². The molecule has 0 bridgehead atoms. The molecule has 1 aliphatic carbocycles. The van der Waals surface area contributed by atoms with Crippen LogP contribution in [0.1, 0.15) is 47.2 Å². The highest BCUT2D eigenvalue weighted by Crippen LogP contribution is 2.55. The van der Waals surface area contributed by atoms with E-state index in [1.807, 2.05) is 0 Å². The molecule has 10 aromatic rings. The second-order valence-electron chi connectivity index (χ2n) is 17.6. The van der Waals surface area contributed by atoms with Crippen LogP contribution in [0.5, 0.6) is 0 Å². The van der Waals surface area contributed by atoms with E-state index in [0.29, 0.717) is 0 Å². The predicted molar refractivity (Wildman–Crippen MR) is 255 cm³/mol. The van der Waals surface area contributed by atoms with E-state index in [0.717, 1.165) is 0 Å². The Kier molecular flexibility index (Phi) is 7.88. The first-order chi connectivity index (χ1) is 28.7. The Hall–Kier alpha value is -6.76. The maximum Gasteiger partial charge on any atom is 0.0159 e. The van der Waals surface area contributed by atoms with Gasteiger partial charge in [-0.2, -0.15) is 0 Å². The summed E-state index contributed by atoms with van der Waals surface area (Å²) in [5.74, 6) is 0. The summed E-state index contributed by atoms with van der Waals surface area (Å²) in [5, 5.41) is 10.4. The van der Waals surface area contributed by atoms with E-state index in [-0.39, 0.29) is 5.41 Å². The summed E-state index contributed by atoms with van der Waals surface area (Å²) in [6.45, 7) is 13.8. The van der Waals surface area contributed by atoms with Gasteiger partial charge < -0.3 is 0 Å². The molecule has 0 nitrogen and oxygen atoms in total. The zero-order chi connectivity index (χ0) is 40.2. The average molecular weight is 755 g/mol. The zero-order valence-electron chi connectivity index (χ0n) is 34.7. The summed E-state index contributed by atoms with van der Waals surface area (Å²) in [5.41, 5.74) is 20.7. The molecule has 0 saturated heterocycles. The van der Waals surface area contributed by atoms with E-state index in [1.54, 1.807) is 0 Å². The lowest BCUT2D eigenvalue weighted by Crippen LogP contribution is -2.15. The Labute approximate surface area is 347 Å². The lowest BCUT2D eigenvalue weighted by molar-refractivity contribution is 0.661. The molecule has 0 atom stereocenters. The van der Waals surface area contributed by atoms with Gasteiger partial charge in [-0.3, -0.25) is 0 Å². The maximum atomic E-state index is 2.56. The van der Waals surface area contributed by atoms with Crippen LogP contribution in [0.15, 0.2) is 170 Å². The lowest BCUT2D eigenvalue weighted by Gasteiger charge is -2.25. The normalized spacial score (nSPS) is 13.1. The summed E-state index contributed by atoms with van der Waals surface area (Å²) in [4.78, 5) is 0. The number of hydrogen-bond acceptors (Lipinski definition) is 0. The Bertz CT molecular complexity index is 3280. The fourth-order valence-electron chi connectivity index (χ4n) is 10.8. The SMILES string of the molecule is Cc1cc(C)cc(-c2c3ccccc3c(-c3cc(C)cc(C)c3)c3cc4c(cc23)-c2ccc(-c3c5ccccc5c(-c5ccccc5)c5ccccc35)cc2C4(C)C)c1. The van der Waals surface area contributed by atoms with E-state index in [1.165, 1.54) is 132 Å². The monoisotopic (exact) mass is 754 g/mol. The molecule has 10 aromatic carbocycles. The van der Waals surface area contributed by atoms with Crippen LogP contribution >= 0.6 is 0 Å². The molecule has 11 rings (SSSR count). The van der Waals surface area contributed by atoms with Gasteiger partial charge in [0.05, 0.1) is 0 Å². The van der Waals surface area contributed by atoms with Gasteiger partial charge in [0.15, 0.2) is 0 Å². The molecule has 0 N–H and O–H groups in total. The number of fused-ring (bicyclic) bond motifs is 7. The number of hydrogen-bond donors (Lipinski definition) is 0. The summed E-state index contributed by atoms with van der Waals surface area (Å²) < 4.78 is 0. The Morgan fingerprint density at radius 3 is 1.10 bits per heavy atom. The molecule has 0 fully saturated rings. The molecule has 0 spiro atoms. The van der Waals surface area contributed by atoms with Crippen LogP contribution in [-0.2, 0) is 5.41 Å². The van der Waals surface area contributed by atoms with Crippen LogP contribution in [0.25, 0.3) is 98.7 Å². The van der Waals surface area contributed by atoms with E-state index in [4.69, 9.17) is 0 Å². The Morgan fingerprint density at radius 2 is 0.644 bits per heavy atom. The predicted octanol–water partition coefficient (Wildman–Crippen LogP) is 16.5. The fraction of sp³-hybridized carbons (Fsp3) is 0.119. The lowest BCUT2D eigenvalue weighted by atomic mass is 9.78. The van der Waals surface area contributed by atoms with Crippen LogP contribution in [0.4, 0.5) is 0 Å². The fourth-order valence-corrected chi connectivity index (χ4v) is 10.8.